The van der Waals surface area contributed by atoms with Gasteiger partial charge in [0.1, 0.15) is 0 Å². The Hall–Kier alpha value is -0.0800. The molecule has 2 rings (SSSR count). The van der Waals surface area contributed by atoms with Crippen molar-refractivity contribution in [3.05, 3.63) is 0 Å². The summed E-state index contributed by atoms with van der Waals surface area (Å²) in [7, 11) is 0. The number of aliphatic hydroxyl groups excluding tert-OH is 1. The van der Waals surface area contributed by atoms with E-state index >= 15 is 0 Å². The van der Waals surface area contributed by atoms with Crippen molar-refractivity contribution in [2.24, 2.45) is 16.3 Å². The third-order valence-electron chi connectivity index (χ3n) is 5.71. The first kappa shape index (κ1) is 23.0. The Morgan fingerprint density at radius 2 is 1.92 bits per heavy atom. The first-order chi connectivity index (χ1) is 11.7. The zero-order valence-electron chi connectivity index (χ0n) is 16.1. The van der Waals surface area contributed by atoms with Gasteiger partial charge in [-0.05, 0) is 51.4 Å². The van der Waals surface area contributed by atoms with Gasteiger partial charge in [-0.1, -0.05) is 19.3 Å². The maximum absolute atomic E-state index is 9.98. The molecule has 0 aromatic heterocycles. The molecule has 2 saturated carbocycles. The largest absolute Gasteiger partial charge is 0.393 e. The van der Waals surface area contributed by atoms with Crippen LogP contribution in [-0.4, -0.2) is 50.0 Å². The number of rotatable bonds is 9. The normalized spacial score (nSPS) is 25.6. The highest BCUT2D eigenvalue weighted by Gasteiger charge is 2.33. The monoisotopic (exact) mass is 467 g/mol. The van der Waals surface area contributed by atoms with Gasteiger partial charge in [-0.3, -0.25) is 4.99 Å². The maximum Gasteiger partial charge on any atom is 0.191 e. The molecule has 3 N–H and O–H groups in total. The molecule has 2 atom stereocenters. The smallest absolute Gasteiger partial charge is 0.191 e. The average Bonchev–Trinajstić information content (AvgIpc) is 3.20. The molecule has 25 heavy (non-hydrogen) atoms. The topological polar surface area (TPSA) is 65.9 Å². The van der Waals surface area contributed by atoms with Crippen LogP contribution >= 0.6 is 24.0 Å². The van der Waals surface area contributed by atoms with Crippen molar-refractivity contribution in [2.75, 3.05) is 32.8 Å². The fourth-order valence-electron chi connectivity index (χ4n) is 4.12. The zero-order valence-corrected chi connectivity index (χ0v) is 18.4. The highest BCUT2D eigenvalue weighted by molar-refractivity contribution is 14.0. The van der Waals surface area contributed by atoms with Crippen LogP contribution < -0.4 is 10.6 Å². The van der Waals surface area contributed by atoms with Crippen LogP contribution in [0, 0.1) is 11.3 Å². The van der Waals surface area contributed by atoms with Crippen LogP contribution in [0.1, 0.15) is 65.2 Å². The van der Waals surface area contributed by atoms with Crippen molar-refractivity contribution < 1.29 is 9.84 Å². The van der Waals surface area contributed by atoms with Gasteiger partial charge in [-0.2, -0.15) is 0 Å². The lowest BCUT2D eigenvalue weighted by Crippen LogP contribution is -2.41. The van der Waals surface area contributed by atoms with Crippen molar-refractivity contribution >= 4 is 29.9 Å². The SMILES string of the molecule is CCNC(=NCC1(CCOCC)CCCC1)NCC1CCCC1O.I. The lowest BCUT2D eigenvalue weighted by Gasteiger charge is -2.27. The van der Waals surface area contributed by atoms with E-state index in [0.29, 0.717) is 11.3 Å². The number of guanidine groups is 1. The molecule has 2 aliphatic rings. The standard InChI is InChI=1S/C19H37N3O2.HI/c1-3-20-18(21-14-16-8-7-9-17(16)23)22-15-19(10-5-6-11-19)12-13-24-4-2;/h16-17,23H,3-15H2,1-2H3,(H2,20,21,22);1H. The lowest BCUT2D eigenvalue weighted by atomic mass is 9.83. The molecule has 0 aromatic rings. The molecule has 0 bridgehead atoms. The van der Waals surface area contributed by atoms with E-state index in [2.05, 4.69) is 24.5 Å². The maximum atomic E-state index is 9.98. The minimum atomic E-state index is -0.146. The predicted molar refractivity (Wildman–Crippen MR) is 115 cm³/mol. The number of hydrogen-bond donors (Lipinski definition) is 3. The quantitative estimate of drug-likeness (QED) is 0.211. The van der Waals surface area contributed by atoms with Crippen LogP contribution in [0.15, 0.2) is 4.99 Å². The van der Waals surface area contributed by atoms with Gasteiger partial charge in [-0.25, -0.2) is 0 Å². The Kier molecular flexibility index (Phi) is 11.3. The van der Waals surface area contributed by atoms with E-state index in [4.69, 9.17) is 9.73 Å². The van der Waals surface area contributed by atoms with Gasteiger partial charge in [0.2, 0.25) is 0 Å². The fourth-order valence-corrected chi connectivity index (χ4v) is 4.12. The number of hydrogen-bond acceptors (Lipinski definition) is 3. The summed E-state index contributed by atoms with van der Waals surface area (Å²) < 4.78 is 5.59. The highest BCUT2D eigenvalue weighted by Crippen LogP contribution is 2.41. The molecule has 2 aliphatic carbocycles. The third kappa shape index (κ3) is 7.59. The molecule has 0 saturated heterocycles. The first-order valence-corrected chi connectivity index (χ1v) is 9.97. The van der Waals surface area contributed by atoms with Crippen LogP contribution in [0.3, 0.4) is 0 Å². The summed E-state index contributed by atoms with van der Waals surface area (Å²) >= 11 is 0. The minimum absolute atomic E-state index is 0. The molecule has 6 heteroatoms. The average molecular weight is 467 g/mol. The Labute approximate surface area is 170 Å². The van der Waals surface area contributed by atoms with E-state index in [1.54, 1.807) is 0 Å². The van der Waals surface area contributed by atoms with Gasteiger partial charge in [0.05, 0.1) is 6.10 Å². The second kappa shape index (κ2) is 12.3. The minimum Gasteiger partial charge on any atom is -0.393 e. The van der Waals surface area contributed by atoms with Crippen molar-refractivity contribution in [3.8, 4) is 0 Å². The molecule has 2 unspecified atom stereocenters. The molecule has 0 aromatic carbocycles. The summed E-state index contributed by atoms with van der Waals surface area (Å²) in [6.45, 7) is 8.37. The van der Waals surface area contributed by atoms with E-state index in [1.807, 2.05) is 0 Å². The number of halogens is 1. The first-order valence-electron chi connectivity index (χ1n) is 9.97. The van der Waals surface area contributed by atoms with Gasteiger partial charge < -0.3 is 20.5 Å². The van der Waals surface area contributed by atoms with Crippen molar-refractivity contribution in [2.45, 2.75) is 71.3 Å². The van der Waals surface area contributed by atoms with Gasteiger partial charge in [0.15, 0.2) is 5.96 Å². The van der Waals surface area contributed by atoms with Crippen LogP contribution in [0.5, 0.6) is 0 Å². The van der Waals surface area contributed by atoms with Gasteiger partial charge in [-0.15, -0.1) is 24.0 Å². The van der Waals surface area contributed by atoms with E-state index in [9.17, 15) is 5.11 Å². The predicted octanol–water partition coefficient (Wildman–Crippen LogP) is 3.31. The second-order valence-corrected chi connectivity index (χ2v) is 7.49. The molecule has 5 nitrogen and oxygen atoms in total. The van der Waals surface area contributed by atoms with Crippen molar-refractivity contribution in [3.63, 3.8) is 0 Å². The zero-order chi connectivity index (χ0) is 17.3. The molecule has 0 amide bonds. The van der Waals surface area contributed by atoms with Gasteiger partial charge >= 0.3 is 0 Å². The van der Waals surface area contributed by atoms with E-state index < -0.39 is 0 Å². The van der Waals surface area contributed by atoms with Gasteiger partial charge in [0, 0.05) is 38.8 Å². The summed E-state index contributed by atoms with van der Waals surface area (Å²) in [4.78, 5) is 4.89. The number of ether oxygens (including phenoxy) is 1. The fraction of sp³-hybridized carbons (Fsp3) is 0.947. The third-order valence-corrected chi connectivity index (χ3v) is 5.71. The highest BCUT2D eigenvalue weighted by atomic mass is 127. The van der Waals surface area contributed by atoms with E-state index in [1.165, 1.54) is 25.7 Å². The number of nitrogens with zero attached hydrogens (tertiary/aromatic N) is 1. The second-order valence-electron chi connectivity index (χ2n) is 7.49. The molecule has 2 fully saturated rings. The van der Waals surface area contributed by atoms with Crippen LogP contribution in [0.4, 0.5) is 0 Å². The lowest BCUT2D eigenvalue weighted by molar-refractivity contribution is 0.107. The Balaban J connectivity index is 0.00000312. The number of nitrogens with one attached hydrogen (secondary N) is 2. The molecular formula is C19H38IN3O2. The van der Waals surface area contributed by atoms with E-state index in [0.717, 1.165) is 64.5 Å². The Morgan fingerprint density at radius 3 is 2.52 bits per heavy atom. The number of aliphatic imine (C=N–C) groups is 1. The molecule has 148 valence electrons. The molecule has 0 radical (unpaired) electrons. The summed E-state index contributed by atoms with van der Waals surface area (Å²) in [5.41, 5.74) is 0.324. The van der Waals surface area contributed by atoms with Crippen LogP contribution in [0.25, 0.3) is 0 Å². The molecule has 0 aliphatic heterocycles. The van der Waals surface area contributed by atoms with Crippen molar-refractivity contribution in [1.29, 1.82) is 0 Å². The van der Waals surface area contributed by atoms with Crippen molar-refractivity contribution in [1.82, 2.24) is 10.6 Å². The summed E-state index contributed by atoms with van der Waals surface area (Å²) in [6, 6.07) is 0. The molecule has 0 heterocycles. The Bertz CT molecular complexity index is 387. The van der Waals surface area contributed by atoms with Crippen LogP contribution in [0.2, 0.25) is 0 Å². The Morgan fingerprint density at radius 1 is 1.16 bits per heavy atom. The molecular weight excluding hydrogens is 429 g/mol. The summed E-state index contributed by atoms with van der Waals surface area (Å²) in [5, 5.41) is 16.8. The van der Waals surface area contributed by atoms with Crippen LogP contribution in [-0.2, 0) is 4.74 Å². The summed E-state index contributed by atoms with van der Waals surface area (Å²) in [6.07, 6.45) is 9.35. The van der Waals surface area contributed by atoms with E-state index in [-0.39, 0.29) is 30.1 Å². The molecule has 0 spiro atoms. The van der Waals surface area contributed by atoms with Gasteiger partial charge in [0.25, 0.3) is 0 Å². The summed E-state index contributed by atoms with van der Waals surface area (Å²) in [5.74, 6) is 1.27. The number of aliphatic hydroxyl groups is 1.